The Balaban J connectivity index is 1.56. The lowest BCUT2D eigenvalue weighted by Crippen LogP contribution is -2.28. The highest BCUT2D eigenvalue weighted by atomic mass is 32.1. The van der Waals surface area contributed by atoms with E-state index in [1.807, 2.05) is 0 Å². The molecule has 0 unspecified atom stereocenters. The van der Waals surface area contributed by atoms with E-state index in [2.05, 4.69) is 20.2 Å². The van der Waals surface area contributed by atoms with Crippen molar-refractivity contribution < 1.29 is 18.0 Å². The molecule has 0 atom stereocenters. The van der Waals surface area contributed by atoms with Gasteiger partial charge < -0.3 is 10.2 Å². The molecular formula is C18H16F3N5O2S. The number of amides is 1. The molecule has 4 rings (SSSR count). The van der Waals surface area contributed by atoms with Gasteiger partial charge in [0.05, 0.1) is 11.3 Å². The molecule has 3 heterocycles. The number of hydrogen-bond acceptors (Lipinski definition) is 6. The Morgan fingerprint density at radius 2 is 1.93 bits per heavy atom. The first kappa shape index (κ1) is 19.4. The van der Waals surface area contributed by atoms with Crippen LogP contribution in [0.15, 0.2) is 35.4 Å². The van der Waals surface area contributed by atoms with Gasteiger partial charge in [-0.2, -0.15) is 18.2 Å². The summed E-state index contributed by atoms with van der Waals surface area (Å²) in [6.07, 6.45) is -1.29. The quantitative estimate of drug-likeness (QED) is 0.698. The Bertz CT molecular complexity index is 1120. The van der Waals surface area contributed by atoms with Crippen molar-refractivity contribution in [2.45, 2.75) is 25.6 Å². The zero-order chi connectivity index (χ0) is 20.6. The number of alkyl halides is 3. The minimum atomic E-state index is -4.60. The van der Waals surface area contributed by atoms with Crippen LogP contribution in [0.2, 0.25) is 0 Å². The molecule has 2 aromatic heterocycles. The second-order valence-electron chi connectivity index (χ2n) is 6.61. The zero-order valence-corrected chi connectivity index (χ0v) is 15.9. The Labute approximate surface area is 166 Å². The lowest BCUT2D eigenvalue weighted by atomic mass is 10.1. The lowest BCUT2D eigenvalue weighted by molar-refractivity contribution is -0.137. The van der Waals surface area contributed by atoms with Crippen LogP contribution in [0.5, 0.6) is 0 Å². The van der Waals surface area contributed by atoms with Crippen LogP contribution in [0.25, 0.3) is 10.3 Å². The maximum Gasteiger partial charge on any atom is 0.418 e. The molecule has 1 saturated heterocycles. The lowest BCUT2D eigenvalue weighted by Gasteiger charge is -2.13. The van der Waals surface area contributed by atoms with Crippen LogP contribution in [0.4, 0.5) is 24.0 Å². The number of fused-ring (bicyclic) bond motifs is 1. The molecule has 0 radical (unpaired) electrons. The summed E-state index contributed by atoms with van der Waals surface area (Å²) in [7, 11) is 0. The first-order chi connectivity index (χ1) is 13.8. The van der Waals surface area contributed by atoms with Crippen LogP contribution in [0, 0.1) is 0 Å². The number of para-hydroxylation sites is 1. The molecule has 7 nitrogen and oxygen atoms in total. The SMILES string of the molecule is O=C(Cn1cnc2nc(N3CCCC3)sc2c1=O)Nc1ccccc1C(F)(F)F. The van der Waals surface area contributed by atoms with Crippen LogP contribution in [-0.4, -0.2) is 33.5 Å². The Morgan fingerprint density at radius 1 is 1.21 bits per heavy atom. The van der Waals surface area contributed by atoms with Gasteiger partial charge in [0.25, 0.3) is 5.56 Å². The van der Waals surface area contributed by atoms with Gasteiger partial charge in [0.1, 0.15) is 17.6 Å². The predicted octanol–water partition coefficient (Wildman–Crippen LogP) is 3.11. The molecule has 1 aromatic carbocycles. The van der Waals surface area contributed by atoms with E-state index in [1.54, 1.807) is 0 Å². The Hall–Kier alpha value is -2.95. The molecule has 0 bridgehead atoms. The molecule has 1 amide bonds. The smallest absolute Gasteiger partial charge is 0.348 e. The van der Waals surface area contributed by atoms with E-state index in [9.17, 15) is 22.8 Å². The minimum absolute atomic E-state index is 0.306. The van der Waals surface area contributed by atoms with E-state index in [0.29, 0.717) is 15.5 Å². The highest BCUT2D eigenvalue weighted by Crippen LogP contribution is 2.34. The van der Waals surface area contributed by atoms with Gasteiger partial charge >= 0.3 is 6.18 Å². The van der Waals surface area contributed by atoms with Crippen molar-refractivity contribution >= 4 is 38.4 Å². The predicted molar refractivity (Wildman–Crippen MR) is 103 cm³/mol. The summed E-state index contributed by atoms with van der Waals surface area (Å²) in [4.78, 5) is 35.5. The molecule has 1 N–H and O–H groups in total. The van der Waals surface area contributed by atoms with Crippen LogP contribution >= 0.6 is 11.3 Å². The van der Waals surface area contributed by atoms with E-state index < -0.39 is 29.8 Å². The van der Waals surface area contributed by atoms with Gasteiger partial charge in [0.2, 0.25) is 5.91 Å². The van der Waals surface area contributed by atoms with Crippen molar-refractivity contribution in [1.82, 2.24) is 14.5 Å². The van der Waals surface area contributed by atoms with Gasteiger partial charge in [-0.15, -0.1) is 0 Å². The van der Waals surface area contributed by atoms with Crippen molar-refractivity contribution in [1.29, 1.82) is 0 Å². The van der Waals surface area contributed by atoms with E-state index in [4.69, 9.17) is 0 Å². The number of carbonyl (C=O) groups is 1. The number of halogens is 3. The fourth-order valence-corrected chi connectivity index (χ4v) is 4.20. The number of anilines is 2. The van der Waals surface area contributed by atoms with Crippen molar-refractivity contribution in [3.8, 4) is 0 Å². The summed E-state index contributed by atoms with van der Waals surface area (Å²) in [5, 5.41) is 2.94. The van der Waals surface area contributed by atoms with Gasteiger partial charge in [-0.05, 0) is 25.0 Å². The topological polar surface area (TPSA) is 80.1 Å². The third-order valence-electron chi connectivity index (χ3n) is 4.57. The minimum Gasteiger partial charge on any atom is -0.348 e. The average Bonchev–Trinajstić information content (AvgIpc) is 3.33. The molecule has 152 valence electrons. The average molecular weight is 423 g/mol. The fraction of sp³-hybridized carbons (Fsp3) is 0.333. The molecule has 0 spiro atoms. The number of carbonyl (C=O) groups excluding carboxylic acids is 1. The Kier molecular flexibility index (Phi) is 4.99. The monoisotopic (exact) mass is 423 g/mol. The number of thiazole rings is 1. The largest absolute Gasteiger partial charge is 0.418 e. The summed E-state index contributed by atoms with van der Waals surface area (Å²) in [5.74, 6) is -0.755. The molecule has 1 aliphatic rings. The van der Waals surface area contributed by atoms with E-state index in [-0.39, 0.29) is 5.69 Å². The van der Waals surface area contributed by atoms with Crippen LogP contribution < -0.4 is 15.8 Å². The molecule has 11 heteroatoms. The van der Waals surface area contributed by atoms with Gasteiger partial charge in [0, 0.05) is 13.1 Å². The zero-order valence-electron chi connectivity index (χ0n) is 15.1. The number of benzene rings is 1. The van der Waals surface area contributed by atoms with E-state index >= 15 is 0 Å². The van der Waals surface area contributed by atoms with Gasteiger partial charge in [-0.25, -0.2) is 4.98 Å². The Morgan fingerprint density at radius 3 is 2.66 bits per heavy atom. The summed E-state index contributed by atoms with van der Waals surface area (Å²) in [5.41, 5.74) is -1.45. The molecule has 29 heavy (non-hydrogen) atoms. The number of aromatic nitrogens is 3. The fourth-order valence-electron chi connectivity index (χ4n) is 3.18. The number of rotatable bonds is 4. The molecular weight excluding hydrogens is 407 g/mol. The highest BCUT2D eigenvalue weighted by Gasteiger charge is 2.33. The molecule has 0 aliphatic carbocycles. The standard InChI is InChI=1S/C18H16F3N5O2S/c19-18(20,21)11-5-1-2-6-12(11)23-13(27)9-26-10-22-15-14(16(26)28)29-17(24-15)25-7-3-4-8-25/h1-2,5-6,10H,3-4,7-9H2,(H,23,27). The number of hydrogen-bond donors (Lipinski definition) is 1. The first-order valence-corrected chi connectivity index (χ1v) is 9.71. The van der Waals surface area contributed by atoms with Crippen LogP contribution in [0.3, 0.4) is 0 Å². The maximum absolute atomic E-state index is 13.1. The second-order valence-corrected chi connectivity index (χ2v) is 7.59. The summed E-state index contributed by atoms with van der Waals surface area (Å²) in [6, 6.07) is 4.67. The molecule has 0 saturated carbocycles. The van der Waals surface area contributed by atoms with Gasteiger partial charge in [-0.3, -0.25) is 14.2 Å². The van der Waals surface area contributed by atoms with Gasteiger partial charge in [0.15, 0.2) is 10.8 Å². The third-order valence-corrected chi connectivity index (χ3v) is 5.66. The first-order valence-electron chi connectivity index (χ1n) is 8.90. The van der Waals surface area contributed by atoms with Crippen molar-refractivity contribution in [2.75, 3.05) is 23.3 Å². The van der Waals surface area contributed by atoms with Crippen LogP contribution in [0.1, 0.15) is 18.4 Å². The van der Waals surface area contributed by atoms with Crippen molar-refractivity contribution in [3.63, 3.8) is 0 Å². The maximum atomic E-state index is 13.1. The normalized spacial score (nSPS) is 14.5. The van der Waals surface area contributed by atoms with Crippen molar-refractivity contribution in [2.24, 2.45) is 0 Å². The second kappa shape index (κ2) is 7.47. The molecule has 1 fully saturated rings. The highest BCUT2D eigenvalue weighted by molar-refractivity contribution is 7.22. The van der Waals surface area contributed by atoms with Crippen LogP contribution in [-0.2, 0) is 17.5 Å². The summed E-state index contributed by atoms with van der Waals surface area (Å²) < 4.78 is 40.6. The molecule has 1 aliphatic heterocycles. The summed E-state index contributed by atoms with van der Waals surface area (Å²) in [6.45, 7) is 1.29. The summed E-state index contributed by atoms with van der Waals surface area (Å²) >= 11 is 1.21. The molecule has 3 aromatic rings. The van der Waals surface area contributed by atoms with E-state index in [1.165, 1.54) is 29.8 Å². The van der Waals surface area contributed by atoms with Gasteiger partial charge in [-0.1, -0.05) is 23.5 Å². The number of nitrogens with one attached hydrogen (secondary N) is 1. The number of nitrogens with zero attached hydrogens (tertiary/aromatic N) is 4. The third kappa shape index (κ3) is 3.95. The van der Waals surface area contributed by atoms with E-state index in [0.717, 1.165) is 42.6 Å². The van der Waals surface area contributed by atoms with Crippen molar-refractivity contribution in [3.05, 3.63) is 46.5 Å².